The monoisotopic (exact) mass is 484 g/mol. The van der Waals surface area contributed by atoms with Gasteiger partial charge in [-0.1, -0.05) is 6.42 Å². The summed E-state index contributed by atoms with van der Waals surface area (Å²) in [5, 5.41) is 3.26. The number of hydrogen-bond acceptors (Lipinski definition) is 8. The molecule has 0 radical (unpaired) electrons. The summed E-state index contributed by atoms with van der Waals surface area (Å²) in [5.41, 5.74) is 6.18. The minimum atomic E-state index is -0.553. The number of piperidine rings is 2. The van der Waals surface area contributed by atoms with Gasteiger partial charge < -0.3 is 25.6 Å². The standard InChI is InChI=1S/C25H33FN6O3/c1-35-21-6-5-17(26)15-19(21)23(34)20-16-28-25(30-24(20)27)29-18-7-13-32(14-8-18)22(33)9-12-31-10-3-2-4-11-31/h5-6,15-16,18H,2-4,7-14H2,1H3,(H3,27,28,29,30). The second-order valence-electron chi connectivity index (χ2n) is 9.12. The molecule has 4 rings (SSSR count). The third-order valence-electron chi connectivity index (χ3n) is 6.74. The van der Waals surface area contributed by atoms with Crippen LogP contribution in [0.3, 0.4) is 0 Å². The zero-order valence-corrected chi connectivity index (χ0v) is 20.1. The number of benzene rings is 1. The molecule has 188 valence electrons. The van der Waals surface area contributed by atoms with Crippen LogP contribution in [0.1, 0.15) is 54.4 Å². The second-order valence-corrected chi connectivity index (χ2v) is 9.12. The highest BCUT2D eigenvalue weighted by Crippen LogP contribution is 2.25. The van der Waals surface area contributed by atoms with Crippen LogP contribution in [0, 0.1) is 5.82 Å². The average Bonchev–Trinajstić information content (AvgIpc) is 2.88. The summed E-state index contributed by atoms with van der Waals surface area (Å²) in [6, 6.07) is 3.82. The lowest BCUT2D eigenvalue weighted by atomic mass is 10.0. The summed E-state index contributed by atoms with van der Waals surface area (Å²) in [6.07, 6.45) is 7.22. The highest BCUT2D eigenvalue weighted by molar-refractivity contribution is 6.13. The van der Waals surface area contributed by atoms with E-state index in [-0.39, 0.29) is 34.6 Å². The molecule has 2 saturated heterocycles. The summed E-state index contributed by atoms with van der Waals surface area (Å²) in [5.74, 6) is -0.283. The Bertz CT molecular complexity index is 1050. The van der Waals surface area contributed by atoms with Gasteiger partial charge in [0.2, 0.25) is 17.6 Å². The molecule has 0 spiro atoms. The van der Waals surface area contributed by atoms with Crippen molar-refractivity contribution in [3.63, 3.8) is 0 Å². The molecule has 0 atom stereocenters. The number of ketones is 1. The van der Waals surface area contributed by atoms with Crippen LogP contribution in [0.15, 0.2) is 24.4 Å². The van der Waals surface area contributed by atoms with Gasteiger partial charge in [-0.3, -0.25) is 9.59 Å². The molecule has 10 heteroatoms. The number of anilines is 2. The van der Waals surface area contributed by atoms with E-state index in [0.29, 0.717) is 25.5 Å². The van der Waals surface area contributed by atoms with Gasteiger partial charge in [-0.05, 0) is 57.0 Å². The predicted octanol–water partition coefficient (Wildman–Crippen LogP) is 2.72. The molecule has 0 aliphatic carbocycles. The van der Waals surface area contributed by atoms with E-state index in [9.17, 15) is 14.0 Å². The Balaban J connectivity index is 1.30. The van der Waals surface area contributed by atoms with E-state index < -0.39 is 11.6 Å². The summed E-state index contributed by atoms with van der Waals surface area (Å²) in [7, 11) is 1.41. The van der Waals surface area contributed by atoms with Crippen molar-refractivity contribution in [1.82, 2.24) is 19.8 Å². The van der Waals surface area contributed by atoms with Crippen molar-refractivity contribution in [2.45, 2.75) is 44.6 Å². The van der Waals surface area contributed by atoms with Gasteiger partial charge in [0.15, 0.2) is 0 Å². The predicted molar refractivity (Wildman–Crippen MR) is 131 cm³/mol. The normalized spacial score (nSPS) is 17.3. The molecule has 9 nitrogen and oxygen atoms in total. The number of carbonyl (C=O) groups excluding carboxylic acids is 2. The Morgan fingerprint density at radius 1 is 1.14 bits per heavy atom. The lowest BCUT2D eigenvalue weighted by molar-refractivity contribution is -0.132. The maximum Gasteiger partial charge on any atom is 0.224 e. The van der Waals surface area contributed by atoms with Crippen molar-refractivity contribution in [3.8, 4) is 5.75 Å². The number of halogens is 1. The Hall–Kier alpha value is -3.27. The first-order chi connectivity index (χ1) is 16.9. The van der Waals surface area contributed by atoms with E-state index in [4.69, 9.17) is 10.5 Å². The van der Waals surface area contributed by atoms with Crippen molar-refractivity contribution in [1.29, 1.82) is 0 Å². The molecule has 3 heterocycles. The lowest BCUT2D eigenvalue weighted by Gasteiger charge is -2.33. The van der Waals surface area contributed by atoms with Crippen molar-refractivity contribution in [2.24, 2.45) is 0 Å². The van der Waals surface area contributed by atoms with Gasteiger partial charge in [0.25, 0.3) is 0 Å². The number of amides is 1. The molecule has 0 unspecified atom stereocenters. The fourth-order valence-electron chi connectivity index (χ4n) is 4.69. The van der Waals surface area contributed by atoms with Crippen LogP contribution in [-0.2, 0) is 4.79 Å². The number of carbonyl (C=O) groups is 2. The fourth-order valence-corrected chi connectivity index (χ4v) is 4.69. The zero-order valence-electron chi connectivity index (χ0n) is 20.1. The first-order valence-electron chi connectivity index (χ1n) is 12.2. The van der Waals surface area contributed by atoms with Crippen molar-refractivity contribution >= 4 is 23.5 Å². The SMILES string of the molecule is COc1ccc(F)cc1C(=O)c1cnc(NC2CCN(C(=O)CCN3CCCCC3)CC2)nc1N. The number of nitrogens with one attached hydrogen (secondary N) is 1. The molecule has 35 heavy (non-hydrogen) atoms. The van der Waals surface area contributed by atoms with Crippen LogP contribution in [0.5, 0.6) is 5.75 Å². The quantitative estimate of drug-likeness (QED) is 0.550. The van der Waals surface area contributed by atoms with Crippen LogP contribution in [-0.4, -0.2) is 77.3 Å². The van der Waals surface area contributed by atoms with Gasteiger partial charge in [0.05, 0.1) is 18.2 Å². The number of likely N-dealkylation sites (tertiary alicyclic amines) is 2. The number of nitrogens with zero attached hydrogens (tertiary/aromatic N) is 4. The maximum absolute atomic E-state index is 13.7. The number of methoxy groups -OCH3 is 1. The van der Waals surface area contributed by atoms with Crippen molar-refractivity contribution in [2.75, 3.05) is 50.9 Å². The summed E-state index contributed by atoms with van der Waals surface area (Å²) >= 11 is 0. The van der Waals surface area contributed by atoms with E-state index in [1.807, 2.05) is 4.90 Å². The van der Waals surface area contributed by atoms with E-state index in [1.165, 1.54) is 44.7 Å². The highest BCUT2D eigenvalue weighted by Gasteiger charge is 2.25. The van der Waals surface area contributed by atoms with E-state index in [1.54, 1.807) is 0 Å². The summed E-state index contributed by atoms with van der Waals surface area (Å²) in [6.45, 7) is 4.41. The summed E-state index contributed by atoms with van der Waals surface area (Å²) in [4.78, 5) is 38.3. The van der Waals surface area contributed by atoms with Gasteiger partial charge >= 0.3 is 0 Å². The smallest absolute Gasteiger partial charge is 0.224 e. The fraction of sp³-hybridized carbons (Fsp3) is 0.520. The summed E-state index contributed by atoms with van der Waals surface area (Å²) < 4.78 is 18.9. The topological polar surface area (TPSA) is 114 Å². The van der Waals surface area contributed by atoms with Gasteiger partial charge in [-0.2, -0.15) is 4.98 Å². The number of rotatable bonds is 8. The molecular formula is C25H33FN6O3. The van der Waals surface area contributed by atoms with Crippen molar-refractivity contribution < 1.29 is 18.7 Å². The molecular weight excluding hydrogens is 451 g/mol. The number of aromatic nitrogens is 2. The second kappa shape index (κ2) is 11.4. The van der Waals surface area contributed by atoms with Crippen LogP contribution in [0.25, 0.3) is 0 Å². The third kappa shape index (κ3) is 6.25. The molecule has 2 aliphatic rings. The van der Waals surface area contributed by atoms with Crippen LogP contribution < -0.4 is 15.8 Å². The number of hydrogen-bond donors (Lipinski definition) is 2. The first kappa shape index (κ1) is 24.8. The molecule has 0 bridgehead atoms. The molecule has 2 fully saturated rings. The minimum Gasteiger partial charge on any atom is -0.496 e. The Kier molecular flexibility index (Phi) is 8.12. The Labute approximate surface area is 204 Å². The molecule has 1 aromatic carbocycles. The lowest BCUT2D eigenvalue weighted by Crippen LogP contribution is -2.43. The van der Waals surface area contributed by atoms with Gasteiger partial charge in [-0.25, -0.2) is 9.37 Å². The van der Waals surface area contributed by atoms with Gasteiger partial charge in [-0.15, -0.1) is 0 Å². The maximum atomic E-state index is 13.7. The first-order valence-corrected chi connectivity index (χ1v) is 12.2. The number of ether oxygens (including phenoxy) is 1. The highest BCUT2D eigenvalue weighted by atomic mass is 19.1. The van der Waals surface area contributed by atoms with Gasteiger partial charge in [0.1, 0.15) is 17.4 Å². The molecule has 0 saturated carbocycles. The van der Waals surface area contributed by atoms with E-state index in [2.05, 4.69) is 20.2 Å². The van der Waals surface area contributed by atoms with Crippen LogP contribution >= 0.6 is 0 Å². The molecule has 3 N–H and O–H groups in total. The largest absolute Gasteiger partial charge is 0.496 e. The van der Waals surface area contributed by atoms with Gasteiger partial charge in [0, 0.05) is 38.3 Å². The van der Waals surface area contributed by atoms with Crippen molar-refractivity contribution in [3.05, 3.63) is 41.3 Å². The molecule has 1 amide bonds. The van der Waals surface area contributed by atoms with E-state index in [0.717, 1.165) is 38.5 Å². The Morgan fingerprint density at radius 2 is 1.89 bits per heavy atom. The number of nitrogens with two attached hydrogens (primary N) is 1. The minimum absolute atomic E-state index is 0.00383. The number of nitrogen functional groups attached to an aromatic ring is 1. The van der Waals surface area contributed by atoms with Crippen LogP contribution in [0.4, 0.5) is 16.2 Å². The zero-order chi connectivity index (χ0) is 24.8. The average molecular weight is 485 g/mol. The molecule has 2 aliphatic heterocycles. The van der Waals surface area contributed by atoms with Crippen LogP contribution in [0.2, 0.25) is 0 Å². The Morgan fingerprint density at radius 3 is 2.57 bits per heavy atom. The third-order valence-corrected chi connectivity index (χ3v) is 6.74. The molecule has 2 aromatic rings. The molecule has 1 aromatic heterocycles. The van der Waals surface area contributed by atoms with E-state index >= 15 is 0 Å².